The number of ketones is 1. The fraction of sp³-hybridized carbons (Fsp3) is 0.303. The van der Waals surface area contributed by atoms with Crippen LogP contribution in [0.1, 0.15) is 64.5 Å². The van der Waals surface area contributed by atoms with Gasteiger partial charge in [0.05, 0.1) is 22.0 Å². The molecule has 3 atom stereocenters. The Bertz CT molecular complexity index is 1370. The lowest BCUT2D eigenvalue weighted by Gasteiger charge is -2.29. The maximum atomic E-state index is 13.1. The number of carbonyl (C=O) groups is 2. The van der Waals surface area contributed by atoms with E-state index in [1.165, 1.54) is 11.3 Å². The molecule has 4 aromatic rings. The minimum Gasteiger partial charge on any atom is -0.444 e. The number of hydrogen-bond donors (Lipinski definition) is 2. The molecule has 0 saturated heterocycles. The minimum absolute atomic E-state index is 0.0723. The van der Waals surface area contributed by atoms with Crippen molar-refractivity contribution in [3.05, 3.63) is 124 Å². The van der Waals surface area contributed by atoms with Crippen LogP contribution >= 0.6 is 11.3 Å². The van der Waals surface area contributed by atoms with Gasteiger partial charge in [-0.05, 0) is 51.2 Å². The van der Waals surface area contributed by atoms with Crippen molar-refractivity contribution in [3.8, 4) is 0 Å². The maximum Gasteiger partial charge on any atom is 0.407 e. The topological polar surface area (TPSA) is 88.5 Å². The lowest BCUT2D eigenvalue weighted by molar-refractivity contribution is 0.0405. The monoisotopic (exact) mass is 556 g/mol. The Labute approximate surface area is 240 Å². The second-order valence-electron chi connectivity index (χ2n) is 10.9. The lowest BCUT2D eigenvalue weighted by Crippen LogP contribution is -2.47. The Hall–Kier alpha value is -3.81. The molecule has 1 aromatic heterocycles. The molecule has 208 valence electrons. The number of benzene rings is 3. The van der Waals surface area contributed by atoms with Gasteiger partial charge in [0.1, 0.15) is 5.60 Å². The van der Waals surface area contributed by atoms with Gasteiger partial charge in [-0.1, -0.05) is 91.0 Å². The Morgan fingerprint density at radius 1 is 0.875 bits per heavy atom. The molecule has 0 bridgehead atoms. The van der Waals surface area contributed by atoms with E-state index in [0.29, 0.717) is 29.7 Å². The lowest BCUT2D eigenvalue weighted by atomic mass is 9.89. The van der Waals surface area contributed by atoms with Gasteiger partial charge >= 0.3 is 6.09 Å². The average Bonchev–Trinajstić information content (AvgIpc) is 3.43. The van der Waals surface area contributed by atoms with Crippen LogP contribution in [0.4, 0.5) is 4.79 Å². The van der Waals surface area contributed by atoms with E-state index < -0.39 is 23.8 Å². The largest absolute Gasteiger partial charge is 0.444 e. The van der Waals surface area contributed by atoms with Crippen LogP contribution in [-0.2, 0) is 17.6 Å². The molecule has 0 fully saturated rings. The molecule has 6 nitrogen and oxygen atoms in total. The standard InChI is InChI=1S/C33H36N2O4S/c1-33(2,3)39-32(38)35-27(20-24-15-9-5-10-16-24)28(36)21-26(19-23-13-7-4-8-14-23)31-34-22-29(40-31)30(37)25-17-11-6-12-18-25/h4-18,22,26-28,36H,19-21H2,1-3H3,(H,35,38). The van der Waals surface area contributed by atoms with Gasteiger partial charge in [0.15, 0.2) is 0 Å². The number of nitrogens with one attached hydrogen (secondary N) is 1. The third kappa shape index (κ3) is 8.60. The molecule has 3 aromatic carbocycles. The summed E-state index contributed by atoms with van der Waals surface area (Å²) < 4.78 is 5.50. The van der Waals surface area contributed by atoms with Crippen molar-refractivity contribution in [3.63, 3.8) is 0 Å². The molecule has 0 aliphatic carbocycles. The molecular weight excluding hydrogens is 520 g/mol. The van der Waals surface area contributed by atoms with Crippen molar-refractivity contribution in [1.82, 2.24) is 10.3 Å². The number of aromatic nitrogens is 1. The highest BCUT2D eigenvalue weighted by molar-refractivity contribution is 7.13. The third-order valence-corrected chi connectivity index (χ3v) is 7.61. The highest BCUT2D eigenvalue weighted by atomic mass is 32.1. The van der Waals surface area contributed by atoms with Crippen molar-refractivity contribution in [1.29, 1.82) is 0 Å². The van der Waals surface area contributed by atoms with Gasteiger partial charge < -0.3 is 15.2 Å². The fourth-order valence-corrected chi connectivity index (χ4v) is 5.54. The van der Waals surface area contributed by atoms with Gasteiger partial charge in [-0.2, -0.15) is 0 Å². The SMILES string of the molecule is CC(C)(C)OC(=O)NC(Cc1ccccc1)C(O)CC(Cc1ccccc1)c1ncc(C(=O)c2ccccc2)s1. The summed E-state index contributed by atoms with van der Waals surface area (Å²) in [5.41, 5.74) is 2.05. The van der Waals surface area contributed by atoms with E-state index in [9.17, 15) is 14.7 Å². The van der Waals surface area contributed by atoms with Crippen LogP contribution in [0, 0.1) is 0 Å². The van der Waals surface area contributed by atoms with Crippen LogP contribution in [0.3, 0.4) is 0 Å². The molecule has 0 aliphatic heterocycles. The van der Waals surface area contributed by atoms with E-state index in [0.717, 1.165) is 16.1 Å². The van der Waals surface area contributed by atoms with Gasteiger partial charge in [-0.15, -0.1) is 11.3 Å². The van der Waals surface area contributed by atoms with Gasteiger partial charge in [0.2, 0.25) is 5.78 Å². The summed E-state index contributed by atoms with van der Waals surface area (Å²) >= 11 is 1.36. The first-order valence-electron chi connectivity index (χ1n) is 13.5. The summed E-state index contributed by atoms with van der Waals surface area (Å²) in [5.74, 6) is -0.240. The number of carbonyl (C=O) groups excluding carboxylic acids is 2. The summed E-state index contributed by atoms with van der Waals surface area (Å²) in [6, 6.07) is 28.3. The van der Waals surface area contributed by atoms with Gasteiger partial charge in [-0.3, -0.25) is 4.79 Å². The number of nitrogens with zero attached hydrogens (tertiary/aromatic N) is 1. The van der Waals surface area contributed by atoms with Crippen LogP contribution < -0.4 is 5.32 Å². The zero-order valence-corrected chi connectivity index (χ0v) is 23.9. The summed E-state index contributed by atoms with van der Waals surface area (Å²) in [6.45, 7) is 5.42. The Balaban J connectivity index is 1.58. The number of ether oxygens (including phenoxy) is 1. The second-order valence-corrected chi connectivity index (χ2v) is 12.0. The van der Waals surface area contributed by atoms with Crippen LogP contribution in [0.25, 0.3) is 0 Å². The first-order valence-corrected chi connectivity index (χ1v) is 14.3. The molecule has 0 radical (unpaired) electrons. The van der Waals surface area contributed by atoms with Crippen molar-refractivity contribution in [2.24, 2.45) is 0 Å². The molecule has 40 heavy (non-hydrogen) atoms. The minimum atomic E-state index is -0.890. The predicted octanol–water partition coefficient (Wildman–Crippen LogP) is 6.59. The number of amides is 1. The Kier molecular flexibility index (Phi) is 9.85. The van der Waals surface area contributed by atoms with Crippen molar-refractivity contribution in [2.75, 3.05) is 0 Å². The van der Waals surface area contributed by atoms with Crippen molar-refractivity contribution < 1.29 is 19.4 Å². The third-order valence-electron chi connectivity index (χ3n) is 6.45. The van der Waals surface area contributed by atoms with Gasteiger partial charge in [0.25, 0.3) is 0 Å². The predicted molar refractivity (Wildman–Crippen MR) is 159 cm³/mol. The van der Waals surface area contributed by atoms with E-state index >= 15 is 0 Å². The number of aliphatic hydroxyl groups excluding tert-OH is 1. The zero-order valence-electron chi connectivity index (χ0n) is 23.1. The van der Waals surface area contributed by atoms with E-state index in [1.807, 2.05) is 99.6 Å². The number of alkyl carbamates (subject to hydrolysis) is 1. The highest BCUT2D eigenvalue weighted by Gasteiger charge is 2.29. The van der Waals surface area contributed by atoms with Crippen LogP contribution in [0.15, 0.2) is 97.2 Å². The summed E-state index contributed by atoms with van der Waals surface area (Å²) in [5, 5.41) is 15.2. The second kappa shape index (κ2) is 13.5. The molecule has 1 amide bonds. The molecule has 0 saturated carbocycles. The zero-order chi connectivity index (χ0) is 28.5. The van der Waals surface area contributed by atoms with Crippen LogP contribution in [0.5, 0.6) is 0 Å². The Morgan fingerprint density at radius 3 is 2.00 bits per heavy atom. The molecule has 2 N–H and O–H groups in total. The number of hydrogen-bond acceptors (Lipinski definition) is 6. The van der Waals surface area contributed by atoms with E-state index in [1.54, 1.807) is 18.3 Å². The van der Waals surface area contributed by atoms with Crippen LogP contribution in [0.2, 0.25) is 0 Å². The molecule has 7 heteroatoms. The molecule has 1 heterocycles. The van der Waals surface area contributed by atoms with Crippen molar-refractivity contribution >= 4 is 23.2 Å². The van der Waals surface area contributed by atoms with Crippen LogP contribution in [-0.4, -0.2) is 39.7 Å². The Morgan fingerprint density at radius 2 is 1.43 bits per heavy atom. The molecule has 4 rings (SSSR count). The van der Waals surface area contributed by atoms with Gasteiger partial charge in [0, 0.05) is 17.7 Å². The maximum absolute atomic E-state index is 13.1. The molecule has 0 aliphatic rings. The van der Waals surface area contributed by atoms with Crippen molar-refractivity contribution in [2.45, 2.75) is 63.7 Å². The number of aliphatic hydroxyl groups is 1. The van der Waals surface area contributed by atoms with E-state index in [-0.39, 0.29) is 11.7 Å². The highest BCUT2D eigenvalue weighted by Crippen LogP contribution is 2.31. The first-order chi connectivity index (χ1) is 19.2. The van der Waals surface area contributed by atoms with E-state index in [4.69, 9.17) is 4.74 Å². The fourth-order valence-electron chi connectivity index (χ4n) is 4.55. The average molecular weight is 557 g/mol. The molecule has 0 spiro atoms. The van der Waals surface area contributed by atoms with Gasteiger partial charge in [-0.25, -0.2) is 9.78 Å². The summed E-state index contributed by atoms with van der Waals surface area (Å²) in [6.07, 6.45) is 1.58. The molecule has 3 unspecified atom stereocenters. The normalized spacial score (nSPS) is 13.7. The number of thiazole rings is 1. The number of rotatable bonds is 11. The summed E-state index contributed by atoms with van der Waals surface area (Å²) in [7, 11) is 0. The quantitative estimate of drug-likeness (QED) is 0.204. The first kappa shape index (κ1) is 29.2. The van der Waals surface area contributed by atoms with E-state index in [2.05, 4.69) is 10.3 Å². The smallest absolute Gasteiger partial charge is 0.407 e. The molecular formula is C33H36N2O4S. The summed E-state index contributed by atoms with van der Waals surface area (Å²) in [4.78, 5) is 31.0.